The van der Waals surface area contributed by atoms with Crippen LogP contribution in [0.2, 0.25) is 0 Å². The molecule has 1 rings (SSSR count). The number of nitrogens with one attached hydrogen (secondary N) is 1. The van der Waals surface area contributed by atoms with Crippen LogP contribution >= 0.6 is 0 Å². The maximum Gasteiger partial charge on any atom is 0.252 e. The fourth-order valence-corrected chi connectivity index (χ4v) is 1.21. The summed E-state index contributed by atoms with van der Waals surface area (Å²) in [5.74, 6) is -0.456. The van der Waals surface area contributed by atoms with Gasteiger partial charge in [0.15, 0.2) is 0 Å². The molecule has 6 heteroatoms. The smallest absolute Gasteiger partial charge is 0.252 e. The summed E-state index contributed by atoms with van der Waals surface area (Å²) in [5, 5.41) is 2.93. The largest absolute Gasteiger partial charge is 0.370 e. The normalized spacial score (nSPS) is 9.75. The van der Waals surface area contributed by atoms with Gasteiger partial charge in [-0.1, -0.05) is 0 Å². The van der Waals surface area contributed by atoms with E-state index in [-0.39, 0.29) is 5.91 Å². The molecule has 0 aliphatic heterocycles. The number of anilines is 1. The number of aromatic nitrogens is 1. The molecule has 1 aromatic heterocycles. The fraction of sp³-hybridized carbons (Fsp3) is 0.300. The molecule has 0 aliphatic carbocycles. The highest BCUT2D eigenvalue weighted by atomic mass is 16.1. The minimum atomic E-state index is -0.537. The summed E-state index contributed by atoms with van der Waals surface area (Å²) in [7, 11) is 0. The first-order valence-electron chi connectivity index (χ1n) is 4.88. The van der Waals surface area contributed by atoms with Crippen molar-refractivity contribution in [2.24, 2.45) is 11.5 Å². The molecule has 0 saturated carbocycles. The van der Waals surface area contributed by atoms with E-state index in [0.717, 1.165) is 0 Å². The monoisotopic (exact) mass is 222 g/mol. The van der Waals surface area contributed by atoms with Gasteiger partial charge >= 0.3 is 0 Å². The Kier molecular flexibility index (Phi) is 4.26. The van der Waals surface area contributed by atoms with Gasteiger partial charge in [0.05, 0.1) is 5.56 Å². The second-order valence-electron chi connectivity index (χ2n) is 3.26. The lowest BCUT2D eigenvalue weighted by Crippen LogP contribution is -2.17. The van der Waals surface area contributed by atoms with Gasteiger partial charge in [0.25, 0.3) is 5.91 Å². The predicted molar refractivity (Wildman–Crippen MR) is 59.7 cm³/mol. The van der Waals surface area contributed by atoms with Gasteiger partial charge in [-0.15, -0.1) is 0 Å². The predicted octanol–water partition coefficient (Wildman–Crippen LogP) is -0.142. The van der Waals surface area contributed by atoms with E-state index in [1.165, 1.54) is 0 Å². The molecule has 1 aromatic rings. The van der Waals surface area contributed by atoms with Crippen LogP contribution in [0.25, 0.3) is 0 Å². The quantitative estimate of drug-likeness (QED) is 0.581. The van der Waals surface area contributed by atoms with E-state index in [2.05, 4.69) is 10.3 Å². The van der Waals surface area contributed by atoms with E-state index in [0.29, 0.717) is 30.8 Å². The second-order valence-corrected chi connectivity index (χ2v) is 3.26. The van der Waals surface area contributed by atoms with Crippen LogP contribution < -0.4 is 16.8 Å². The molecule has 0 aromatic carbocycles. The zero-order valence-corrected chi connectivity index (χ0v) is 8.77. The fourth-order valence-electron chi connectivity index (χ4n) is 1.21. The number of hydrogen-bond donors (Lipinski definition) is 3. The van der Waals surface area contributed by atoms with Gasteiger partial charge in [-0.2, -0.15) is 0 Å². The first kappa shape index (κ1) is 12.0. The Balaban J connectivity index is 2.53. The van der Waals surface area contributed by atoms with Crippen molar-refractivity contribution in [2.75, 3.05) is 11.9 Å². The Bertz CT molecular complexity index is 392. The minimum absolute atomic E-state index is 0.297. The van der Waals surface area contributed by atoms with Gasteiger partial charge in [-0.25, -0.2) is 4.98 Å². The zero-order valence-electron chi connectivity index (χ0n) is 8.77. The molecule has 16 heavy (non-hydrogen) atoms. The number of rotatable bonds is 6. The van der Waals surface area contributed by atoms with Crippen LogP contribution in [0.15, 0.2) is 18.3 Å². The average molecular weight is 222 g/mol. The van der Waals surface area contributed by atoms with E-state index >= 15 is 0 Å². The van der Waals surface area contributed by atoms with Crippen molar-refractivity contribution in [3.05, 3.63) is 23.9 Å². The van der Waals surface area contributed by atoms with Gasteiger partial charge in [0, 0.05) is 19.2 Å². The van der Waals surface area contributed by atoms with Gasteiger partial charge in [0.1, 0.15) is 5.82 Å². The molecule has 0 unspecified atom stereocenters. The highest BCUT2D eigenvalue weighted by molar-refractivity contribution is 5.97. The highest BCUT2D eigenvalue weighted by Crippen LogP contribution is 2.10. The Labute approximate surface area is 93.0 Å². The van der Waals surface area contributed by atoms with Crippen LogP contribution in [0.1, 0.15) is 23.2 Å². The molecule has 6 nitrogen and oxygen atoms in total. The lowest BCUT2D eigenvalue weighted by Gasteiger charge is -2.07. The van der Waals surface area contributed by atoms with Crippen molar-refractivity contribution in [2.45, 2.75) is 12.8 Å². The number of nitrogens with two attached hydrogens (primary N) is 2. The standard InChI is InChI=1S/C10H14N4O2/c11-8(15)4-2-6-14-10-7(9(12)16)3-1-5-13-10/h1,3,5H,2,4,6H2,(H2,11,15)(H2,12,16)(H,13,14). The van der Waals surface area contributed by atoms with E-state index in [1.807, 2.05) is 0 Å². The maximum absolute atomic E-state index is 11.0. The maximum atomic E-state index is 11.0. The van der Waals surface area contributed by atoms with Crippen molar-refractivity contribution < 1.29 is 9.59 Å². The summed E-state index contributed by atoms with van der Waals surface area (Å²) in [5.41, 5.74) is 10.5. The average Bonchev–Trinajstić information content (AvgIpc) is 2.24. The van der Waals surface area contributed by atoms with Crippen molar-refractivity contribution in [3.8, 4) is 0 Å². The van der Waals surface area contributed by atoms with Gasteiger partial charge < -0.3 is 16.8 Å². The molecule has 0 radical (unpaired) electrons. The molecule has 0 bridgehead atoms. The zero-order chi connectivity index (χ0) is 12.0. The Morgan fingerprint density at radius 1 is 1.38 bits per heavy atom. The van der Waals surface area contributed by atoms with Gasteiger partial charge in [-0.3, -0.25) is 9.59 Å². The number of nitrogens with zero attached hydrogens (tertiary/aromatic N) is 1. The molecule has 0 saturated heterocycles. The number of pyridine rings is 1. The van der Waals surface area contributed by atoms with Crippen molar-refractivity contribution >= 4 is 17.6 Å². The van der Waals surface area contributed by atoms with Crippen LogP contribution in [0.5, 0.6) is 0 Å². The number of primary amides is 2. The van der Waals surface area contributed by atoms with Crippen molar-refractivity contribution in [1.29, 1.82) is 0 Å². The van der Waals surface area contributed by atoms with E-state index < -0.39 is 5.91 Å². The van der Waals surface area contributed by atoms with Crippen LogP contribution in [-0.2, 0) is 4.79 Å². The van der Waals surface area contributed by atoms with E-state index in [4.69, 9.17) is 11.5 Å². The number of amides is 2. The second kappa shape index (κ2) is 5.69. The number of hydrogen-bond acceptors (Lipinski definition) is 4. The first-order valence-corrected chi connectivity index (χ1v) is 4.88. The third kappa shape index (κ3) is 3.56. The lowest BCUT2D eigenvalue weighted by molar-refractivity contribution is -0.118. The number of carbonyl (C=O) groups excluding carboxylic acids is 2. The summed E-state index contributed by atoms with van der Waals surface area (Å²) < 4.78 is 0. The number of carbonyl (C=O) groups is 2. The Morgan fingerprint density at radius 2 is 2.12 bits per heavy atom. The van der Waals surface area contributed by atoms with Crippen LogP contribution in [0.4, 0.5) is 5.82 Å². The lowest BCUT2D eigenvalue weighted by atomic mass is 10.2. The summed E-state index contributed by atoms with van der Waals surface area (Å²) >= 11 is 0. The molecule has 0 atom stereocenters. The molecular formula is C10H14N4O2. The molecule has 0 spiro atoms. The summed E-state index contributed by atoms with van der Waals surface area (Å²) in [6, 6.07) is 3.22. The minimum Gasteiger partial charge on any atom is -0.370 e. The molecule has 2 amide bonds. The SMILES string of the molecule is NC(=O)CCCNc1ncccc1C(N)=O. The van der Waals surface area contributed by atoms with Crippen LogP contribution in [-0.4, -0.2) is 23.3 Å². The first-order chi connectivity index (χ1) is 7.61. The summed E-state index contributed by atoms with van der Waals surface area (Å²) in [6.45, 7) is 0.514. The Morgan fingerprint density at radius 3 is 2.75 bits per heavy atom. The summed E-state index contributed by atoms with van der Waals surface area (Å²) in [4.78, 5) is 25.5. The van der Waals surface area contributed by atoms with Crippen LogP contribution in [0.3, 0.4) is 0 Å². The third-order valence-corrected chi connectivity index (χ3v) is 1.97. The molecule has 5 N–H and O–H groups in total. The molecule has 1 heterocycles. The van der Waals surface area contributed by atoms with Crippen LogP contribution in [0, 0.1) is 0 Å². The van der Waals surface area contributed by atoms with Gasteiger partial charge in [0.2, 0.25) is 5.91 Å². The molecular weight excluding hydrogens is 208 g/mol. The van der Waals surface area contributed by atoms with Gasteiger partial charge in [-0.05, 0) is 18.6 Å². The molecule has 0 aliphatic rings. The Hall–Kier alpha value is -2.11. The third-order valence-electron chi connectivity index (χ3n) is 1.97. The van der Waals surface area contributed by atoms with Crippen molar-refractivity contribution in [3.63, 3.8) is 0 Å². The topological polar surface area (TPSA) is 111 Å². The van der Waals surface area contributed by atoms with E-state index in [1.54, 1.807) is 18.3 Å². The highest BCUT2D eigenvalue weighted by Gasteiger charge is 2.07. The molecule has 0 fully saturated rings. The van der Waals surface area contributed by atoms with E-state index in [9.17, 15) is 9.59 Å². The molecule has 86 valence electrons. The summed E-state index contributed by atoms with van der Waals surface area (Å²) in [6.07, 6.45) is 2.44. The van der Waals surface area contributed by atoms with Crippen molar-refractivity contribution in [1.82, 2.24) is 4.98 Å².